The summed E-state index contributed by atoms with van der Waals surface area (Å²) in [4.78, 5) is 25.7. The minimum Gasteiger partial charge on any atom is -0.493 e. The van der Waals surface area contributed by atoms with Gasteiger partial charge in [0.2, 0.25) is 5.91 Å². The molecule has 6 nitrogen and oxygen atoms in total. The van der Waals surface area contributed by atoms with Crippen LogP contribution in [0.1, 0.15) is 31.0 Å². The molecule has 1 aliphatic rings. The summed E-state index contributed by atoms with van der Waals surface area (Å²) in [6, 6.07) is 2.88. The molecule has 1 amide bonds. The van der Waals surface area contributed by atoms with Crippen molar-refractivity contribution in [1.29, 1.82) is 0 Å². The van der Waals surface area contributed by atoms with Crippen molar-refractivity contribution < 1.29 is 23.8 Å². The summed E-state index contributed by atoms with van der Waals surface area (Å²) in [6.07, 6.45) is 0.658. The van der Waals surface area contributed by atoms with Crippen molar-refractivity contribution in [2.75, 3.05) is 27.4 Å². The molecule has 1 aromatic carbocycles. The molecule has 0 unspecified atom stereocenters. The fraction of sp³-hybridized carbons (Fsp3) is 0.500. The minimum absolute atomic E-state index is 0.154. The Kier molecular flexibility index (Phi) is 4.90. The number of methoxy groups -OCH3 is 2. The lowest BCUT2D eigenvalue weighted by Gasteiger charge is -2.35. The quantitative estimate of drug-likeness (QED) is 0.792. The van der Waals surface area contributed by atoms with Crippen LogP contribution in [-0.2, 0) is 20.7 Å². The minimum atomic E-state index is -0.735. The molecule has 1 atom stereocenters. The molecule has 0 bridgehead atoms. The summed E-state index contributed by atoms with van der Waals surface area (Å²) < 4.78 is 15.7. The number of fused-ring (bicyclic) bond motifs is 1. The molecule has 1 heterocycles. The Bertz CT molecular complexity index is 584. The second-order valence-corrected chi connectivity index (χ2v) is 5.02. The lowest BCUT2D eigenvalue weighted by molar-refractivity contribution is -0.155. The van der Waals surface area contributed by atoms with Gasteiger partial charge in [0.15, 0.2) is 17.5 Å². The van der Waals surface area contributed by atoms with E-state index in [2.05, 4.69) is 0 Å². The lowest BCUT2D eigenvalue weighted by Crippen LogP contribution is -2.43. The third kappa shape index (κ3) is 2.86. The fourth-order valence-electron chi connectivity index (χ4n) is 2.76. The Morgan fingerprint density at radius 1 is 1.23 bits per heavy atom. The van der Waals surface area contributed by atoms with Crippen LogP contribution < -0.4 is 9.47 Å². The van der Waals surface area contributed by atoms with E-state index in [1.807, 2.05) is 6.07 Å². The van der Waals surface area contributed by atoms with Crippen LogP contribution in [0, 0.1) is 0 Å². The number of ether oxygens (including phenoxy) is 3. The highest BCUT2D eigenvalue weighted by Crippen LogP contribution is 2.38. The van der Waals surface area contributed by atoms with E-state index >= 15 is 0 Å². The zero-order chi connectivity index (χ0) is 16.3. The molecular weight excluding hydrogens is 286 g/mol. The molecule has 0 saturated heterocycles. The summed E-state index contributed by atoms with van der Waals surface area (Å²) >= 11 is 0. The number of carbonyl (C=O) groups excluding carboxylic acids is 2. The Balaban J connectivity index is 2.53. The molecule has 0 aliphatic carbocycles. The first kappa shape index (κ1) is 16.1. The van der Waals surface area contributed by atoms with Gasteiger partial charge >= 0.3 is 5.97 Å². The van der Waals surface area contributed by atoms with Crippen LogP contribution in [0.4, 0.5) is 0 Å². The summed E-state index contributed by atoms with van der Waals surface area (Å²) in [5.74, 6) is 0.561. The van der Waals surface area contributed by atoms with Gasteiger partial charge in [0.1, 0.15) is 0 Å². The van der Waals surface area contributed by atoms with Crippen LogP contribution in [-0.4, -0.2) is 44.1 Å². The summed E-state index contributed by atoms with van der Waals surface area (Å²) in [7, 11) is 3.10. The van der Waals surface area contributed by atoms with E-state index in [1.54, 1.807) is 20.1 Å². The van der Waals surface area contributed by atoms with Gasteiger partial charge in [-0.25, -0.2) is 4.79 Å². The van der Waals surface area contributed by atoms with E-state index in [-0.39, 0.29) is 12.5 Å². The molecule has 0 radical (unpaired) electrons. The molecule has 0 N–H and O–H groups in total. The van der Waals surface area contributed by atoms with Crippen molar-refractivity contribution in [3.63, 3.8) is 0 Å². The molecule has 1 aliphatic heterocycles. The molecule has 120 valence electrons. The molecule has 0 saturated carbocycles. The standard InChI is InChI=1S/C16H21NO5/c1-5-22-16(19)15-12-9-14(21-4)13(20-3)8-11(12)6-7-17(15)10(2)18/h8-9,15H,5-7H2,1-4H3/t15-/m0/s1. The molecular formula is C16H21NO5. The highest BCUT2D eigenvalue weighted by atomic mass is 16.5. The summed E-state index contributed by atoms with van der Waals surface area (Å²) in [5, 5.41) is 0. The SMILES string of the molecule is CCOC(=O)[C@@H]1c2cc(OC)c(OC)cc2CCN1C(C)=O. The number of nitrogens with zero attached hydrogens (tertiary/aromatic N) is 1. The van der Waals surface area contributed by atoms with E-state index in [4.69, 9.17) is 14.2 Å². The Morgan fingerprint density at radius 3 is 2.41 bits per heavy atom. The largest absolute Gasteiger partial charge is 0.493 e. The molecule has 6 heteroatoms. The van der Waals surface area contributed by atoms with Crippen LogP contribution in [0.3, 0.4) is 0 Å². The average molecular weight is 307 g/mol. The monoisotopic (exact) mass is 307 g/mol. The van der Waals surface area contributed by atoms with Gasteiger partial charge < -0.3 is 19.1 Å². The zero-order valence-electron chi connectivity index (χ0n) is 13.3. The number of esters is 1. The fourth-order valence-corrected chi connectivity index (χ4v) is 2.76. The molecule has 22 heavy (non-hydrogen) atoms. The van der Waals surface area contributed by atoms with Crippen molar-refractivity contribution >= 4 is 11.9 Å². The van der Waals surface area contributed by atoms with Crippen LogP contribution >= 0.6 is 0 Å². The summed E-state index contributed by atoms with van der Waals surface area (Å²) in [5.41, 5.74) is 1.70. The van der Waals surface area contributed by atoms with E-state index in [9.17, 15) is 9.59 Å². The predicted molar refractivity (Wildman–Crippen MR) is 80.0 cm³/mol. The van der Waals surface area contributed by atoms with E-state index in [0.29, 0.717) is 24.5 Å². The normalized spacial score (nSPS) is 16.7. The van der Waals surface area contributed by atoms with Crippen LogP contribution in [0.2, 0.25) is 0 Å². The summed E-state index contributed by atoms with van der Waals surface area (Å²) in [6.45, 7) is 3.94. The zero-order valence-corrected chi connectivity index (χ0v) is 13.3. The maximum absolute atomic E-state index is 12.3. The number of hydrogen-bond acceptors (Lipinski definition) is 5. The van der Waals surface area contributed by atoms with Crippen molar-refractivity contribution in [1.82, 2.24) is 4.90 Å². The number of amides is 1. The van der Waals surface area contributed by atoms with Crippen molar-refractivity contribution in [2.24, 2.45) is 0 Å². The van der Waals surface area contributed by atoms with E-state index < -0.39 is 12.0 Å². The number of benzene rings is 1. The number of rotatable bonds is 4. The Morgan fingerprint density at radius 2 is 1.86 bits per heavy atom. The molecule has 0 spiro atoms. The van der Waals surface area contributed by atoms with E-state index in [1.165, 1.54) is 18.9 Å². The second kappa shape index (κ2) is 6.68. The highest BCUT2D eigenvalue weighted by molar-refractivity contribution is 5.85. The smallest absolute Gasteiger partial charge is 0.333 e. The van der Waals surface area contributed by atoms with Gasteiger partial charge in [-0.1, -0.05) is 0 Å². The predicted octanol–water partition coefficient (Wildman–Crippen LogP) is 1.71. The van der Waals surface area contributed by atoms with Crippen LogP contribution in [0.5, 0.6) is 11.5 Å². The molecule has 2 rings (SSSR count). The Hall–Kier alpha value is -2.24. The first-order valence-corrected chi connectivity index (χ1v) is 7.22. The van der Waals surface area contributed by atoms with E-state index in [0.717, 1.165) is 11.1 Å². The van der Waals surface area contributed by atoms with Crippen molar-refractivity contribution in [3.8, 4) is 11.5 Å². The lowest BCUT2D eigenvalue weighted by atomic mass is 9.91. The van der Waals surface area contributed by atoms with Gasteiger partial charge in [-0.3, -0.25) is 4.79 Å². The first-order chi connectivity index (χ1) is 10.5. The number of hydrogen-bond donors (Lipinski definition) is 0. The third-order valence-corrected chi connectivity index (χ3v) is 3.79. The van der Waals surface area contributed by atoms with Crippen molar-refractivity contribution in [2.45, 2.75) is 26.3 Å². The number of carbonyl (C=O) groups is 2. The first-order valence-electron chi connectivity index (χ1n) is 7.22. The van der Waals surface area contributed by atoms with Crippen LogP contribution in [0.15, 0.2) is 12.1 Å². The van der Waals surface area contributed by atoms with Crippen molar-refractivity contribution in [3.05, 3.63) is 23.3 Å². The van der Waals surface area contributed by atoms with Gasteiger partial charge in [-0.05, 0) is 36.6 Å². The highest BCUT2D eigenvalue weighted by Gasteiger charge is 2.36. The molecule has 0 aromatic heterocycles. The topological polar surface area (TPSA) is 65.1 Å². The molecule has 0 fully saturated rings. The maximum atomic E-state index is 12.3. The van der Waals surface area contributed by atoms with Gasteiger partial charge in [0.25, 0.3) is 0 Å². The van der Waals surface area contributed by atoms with Gasteiger partial charge in [-0.15, -0.1) is 0 Å². The van der Waals surface area contributed by atoms with Crippen LogP contribution in [0.25, 0.3) is 0 Å². The van der Waals surface area contributed by atoms with Gasteiger partial charge in [0, 0.05) is 13.5 Å². The average Bonchev–Trinajstić information content (AvgIpc) is 2.52. The van der Waals surface area contributed by atoms with Gasteiger partial charge in [0.05, 0.1) is 20.8 Å². The maximum Gasteiger partial charge on any atom is 0.333 e. The third-order valence-electron chi connectivity index (χ3n) is 3.79. The molecule has 1 aromatic rings. The van der Waals surface area contributed by atoms with Gasteiger partial charge in [-0.2, -0.15) is 0 Å². The Labute approximate surface area is 129 Å². The second-order valence-electron chi connectivity index (χ2n) is 5.02.